The van der Waals surface area contributed by atoms with Crippen LogP contribution in [0.1, 0.15) is 23.3 Å². The van der Waals surface area contributed by atoms with Crippen molar-refractivity contribution in [3.8, 4) is 0 Å². The Balaban J connectivity index is 1.49. The first-order chi connectivity index (χ1) is 8.33. The zero-order chi connectivity index (χ0) is 11.7. The third kappa shape index (κ3) is 2.69. The Morgan fingerprint density at radius 1 is 1.53 bits per heavy atom. The molecular weight excluding hydrogens is 232 g/mol. The molecule has 17 heavy (non-hydrogen) atoms. The summed E-state index contributed by atoms with van der Waals surface area (Å²) in [6, 6.07) is 2.15. The number of amides is 1. The monoisotopic (exact) mass is 250 g/mol. The van der Waals surface area contributed by atoms with E-state index in [0.717, 1.165) is 32.0 Å². The van der Waals surface area contributed by atoms with Crippen molar-refractivity contribution in [1.29, 1.82) is 0 Å². The number of carbonyl (C=O) groups excluding carboxylic acids is 1. The topological polar surface area (TPSA) is 32.3 Å². The summed E-state index contributed by atoms with van der Waals surface area (Å²) in [5.74, 6) is 1.09. The van der Waals surface area contributed by atoms with Crippen LogP contribution in [0.15, 0.2) is 11.4 Å². The zero-order valence-corrected chi connectivity index (χ0v) is 10.8. The van der Waals surface area contributed by atoms with Gasteiger partial charge in [-0.3, -0.25) is 4.79 Å². The van der Waals surface area contributed by atoms with Gasteiger partial charge in [0.15, 0.2) is 0 Å². The predicted molar refractivity (Wildman–Crippen MR) is 69.0 cm³/mol. The summed E-state index contributed by atoms with van der Waals surface area (Å²) in [4.78, 5) is 15.4. The van der Waals surface area contributed by atoms with Crippen LogP contribution in [0.5, 0.6) is 0 Å². The molecule has 4 heteroatoms. The molecule has 0 radical (unpaired) electrons. The minimum atomic E-state index is 0.252. The van der Waals surface area contributed by atoms with E-state index in [9.17, 15) is 4.79 Å². The lowest BCUT2D eigenvalue weighted by Gasteiger charge is -2.27. The van der Waals surface area contributed by atoms with Crippen LogP contribution >= 0.6 is 11.3 Å². The molecule has 1 saturated carbocycles. The van der Waals surface area contributed by atoms with Crippen LogP contribution in [0.25, 0.3) is 0 Å². The Morgan fingerprint density at radius 3 is 3.24 bits per heavy atom. The second kappa shape index (κ2) is 4.78. The van der Waals surface area contributed by atoms with Crippen molar-refractivity contribution in [2.75, 3.05) is 19.6 Å². The zero-order valence-electron chi connectivity index (χ0n) is 9.95. The summed E-state index contributed by atoms with van der Waals surface area (Å²) < 4.78 is 0. The first-order valence-corrected chi connectivity index (χ1v) is 7.24. The minimum absolute atomic E-state index is 0.252. The standard InChI is InChI=1S/C13H18N2OS/c16-13(8-14-7-10-1-2-10)15-5-3-12-11(9-15)4-6-17-12/h4,6,10,14H,1-3,5,7-9H2. The molecule has 1 N–H and O–H groups in total. The fourth-order valence-electron chi connectivity index (χ4n) is 2.28. The van der Waals surface area contributed by atoms with Gasteiger partial charge in [0.05, 0.1) is 6.54 Å². The molecule has 0 unspecified atom stereocenters. The van der Waals surface area contributed by atoms with Gasteiger partial charge in [-0.2, -0.15) is 0 Å². The van der Waals surface area contributed by atoms with Crippen LogP contribution in [-0.2, 0) is 17.8 Å². The third-order valence-corrected chi connectivity index (χ3v) is 4.59. The third-order valence-electron chi connectivity index (χ3n) is 3.57. The predicted octanol–water partition coefficient (Wildman–Crippen LogP) is 1.63. The Hall–Kier alpha value is -0.870. The second-order valence-electron chi connectivity index (χ2n) is 5.01. The van der Waals surface area contributed by atoms with Crippen LogP contribution in [0, 0.1) is 5.92 Å². The van der Waals surface area contributed by atoms with E-state index in [-0.39, 0.29) is 5.91 Å². The molecule has 0 saturated heterocycles. The van der Waals surface area contributed by atoms with Gasteiger partial charge < -0.3 is 10.2 Å². The summed E-state index contributed by atoms with van der Waals surface area (Å²) in [7, 11) is 0. The van der Waals surface area contributed by atoms with Gasteiger partial charge in [-0.05, 0) is 48.7 Å². The van der Waals surface area contributed by atoms with Crippen molar-refractivity contribution in [1.82, 2.24) is 10.2 Å². The van der Waals surface area contributed by atoms with E-state index in [2.05, 4.69) is 16.8 Å². The second-order valence-corrected chi connectivity index (χ2v) is 6.01. The average Bonchev–Trinajstić information content (AvgIpc) is 3.04. The molecule has 1 aliphatic heterocycles. The number of thiophene rings is 1. The van der Waals surface area contributed by atoms with Crippen molar-refractivity contribution in [2.24, 2.45) is 5.92 Å². The maximum atomic E-state index is 12.0. The van der Waals surface area contributed by atoms with Gasteiger partial charge in [-0.1, -0.05) is 0 Å². The average molecular weight is 250 g/mol. The first kappa shape index (κ1) is 11.2. The van der Waals surface area contributed by atoms with Crippen LogP contribution < -0.4 is 5.32 Å². The lowest BCUT2D eigenvalue weighted by Crippen LogP contribution is -2.41. The van der Waals surface area contributed by atoms with Crippen molar-refractivity contribution in [3.05, 3.63) is 21.9 Å². The van der Waals surface area contributed by atoms with Gasteiger partial charge in [0.2, 0.25) is 5.91 Å². The number of hydrogen-bond acceptors (Lipinski definition) is 3. The van der Waals surface area contributed by atoms with E-state index in [1.165, 1.54) is 23.3 Å². The van der Waals surface area contributed by atoms with Gasteiger partial charge in [-0.25, -0.2) is 0 Å². The lowest BCUT2D eigenvalue weighted by atomic mass is 10.1. The van der Waals surface area contributed by atoms with Crippen molar-refractivity contribution in [2.45, 2.75) is 25.8 Å². The maximum Gasteiger partial charge on any atom is 0.236 e. The fourth-order valence-corrected chi connectivity index (χ4v) is 3.17. The highest BCUT2D eigenvalue weighted by Gasteiger charge is 2.23. The van der Waals surface area contributed by atoms with E-state index in [1.54, 1.807) is 0 Å². The molecule has 3 nitrogen and oxygen atoms in total. The molecule has 1 amide bonds. The number of hydrogen-bond donors (Lipinski definition) is 1. The number of carbonyl (C=O) groups is 1. The summed E-state index contributed by atoms with van der Waals surface area (Å²) in [5, 5.41) is 5.40. The summed E-state index contributed by atoms with van der Waals surface area (Å²) >= 11 is 1.82. The van der Waals surface area contributed by atoms with Gasteiger partial charge in [0.25, 0.3) is 0 Å². The smallest absolute Gasteiger partial charge is 0.236 e. The molecule has 1 aliphatic carbocycles. The van der Waals surface area contributed by atoms with Crippen molar-refractivity contribution >= 4 is 17.2 Å². The normalized spacial score (nSPS) is 19.2. The maximum absolute atomic E-state index is 12.0. The Bertz CT molecular complexity index is 411. The van der Waals surface area contributed by atoms with Crippen LogP contribution in [0.2, 0.25) is 0 Å². The molecule has 1 fully saturated rings. The molecule has 0 aromatic carbocycles. The van der Waals surface area contributed by atoms with E-state index in [0.29, 0.717) is 6.54 Å². The lowest BCUT2D eigenvalue weighted by molar-refractivity contribution is -0.131. The number of nitrogens with one attached hydrogen (secondary N) is 1. The van der Waals surface area contributed by atoms with Crippen molar-refractivity contribution in [3.63, 3.8) is 0 Å². The first-order valence-electron chi connectivity index (χ1n) is 6.36. The Kier molecular flexibility index (Phi) is 3.16. The Labute approximate surface area is 106 Å². The largest absolute Gasteiger partial charge is 0.337 e. The highest BCUT2D eigenvalue weighted by molar-refractivity contribution is 7.10. The molecule has 1 aromatic heterocycles. The van der Waals surface area contributed by atoms with Crippen LogP contribution in [-0.4, -0.2) is 30.4 Å². The molecule has 0 atom stereocenters. The number of rotatable bonds is 4. The molecule has 0 spiro atoms. The molecular formula is C13H18N2OS. The summed E-state index contributed by atoms with van der Waals surface area (Å²) in [6.45, 7) is 3.22. The Morgan fingerprint density at radius 2 is 2.41 bits per heavy atom. The SMILES string of the molecule is O=C(CNCC1CC1)N1CCc2sccc2C1. The van der Waals surface area contributed by atoms with E-state index in [4.69, 9.17) is 0 Å². The molecule has 2 aliphatic rings. The van der Waals surface area contributed by atoms with Gasteiger partial charge in [-0.15, -0.1) is 11.3 Å². The van der Waals surface area contributed by atoms with Crippen LogP contribution in [0.3, 0.4) is 0 Å². The summed E-state index contributed by atoms with van der Waals surface area (Å²) in [6.07, 6.45) is 3.70. The highest BCUT2D eigenvalue weighted by atomic mass is 32.1. The van der Waals surface area contributed by atoms with E-state index < -0.39 is 0 Å². The van der Waals surface area contributed by atoms with Gasteiger partial charge >= 0.3 is 0 Å². The van der Waals surface area contributed by atoms with Gasteiger partial charge in [0.1, 0.15) is 0 Å². The van der Waals surface area contributed by atoms with Gasteiger partial charge in [0, 0.05) is 18.0 Å². The molecule has 92 valence electrons. The fraction of sp³-hybridized carbons (Fsp3) is 0.615. The van der Waals surface area contributed by atoms with Crippen molar-refractivity contribution < 1.29 is 4.79 Å². The minimum Gasteiger partial charge on any atom is -0.337 e. The quantitative estimate of drug-likeness (QED) is 0.881. The number of fused-ring (bicyclic) bond motifs is 1. The molecule has 0 bridgehead atoms. The highest BCUT2D eigenvalue weighted by Crippen LogP contribution is 2.27. The molecule has 1 aromatic rings. The summed E-state index contributed by atoms with van der Waals surface area (Å²) in [5.41, 5.74) is 1.34. The molecule has 3 rings (SSSR count). The van der Waals surface area contributed by atoms with E-state index in [1.807, 2.05) is 16.2 Å². The van der Waals surface area contributed by atoms with E-state index >= 15 is 0 Å². The molecule has 2 heterocycles. The van der Waals surface area contributed by atoms with Crippen LogP contribution in [0.4, 0.5) is 0 Å². The number of nitrogens with zero attached hydrogens (tertiary/aromatic N) is 1.